The number of fused-ring (bicyclic) bond motifs is 1. The Bertz CT molecular complexity index is 1450. The molecule has 2 aliphatic carbocycles. The van der Waals surface area contributed by atoms with Gasteiger partial charge in [-0.25, -0.2) is 0 Å². The largest absolute Gasteiger partial charge is 0.481 e. The van der Waals surface area contributed by atoms with Crippen molar-refractivity contribution < 1.29 is 14.7 Å². The van der Waals surface area contributed by atoms with E-state index in [1.807, 2.05) is 36.6 Å². The molecular formula is C33H40N2O4S. The molecule has 0 bridgehead atoms. The van der Waals surface area contributed by atoms with E-state index >= 15 is 0 Å². The number of anilines is 1. The molecule has 1 fully saturated rings. The first-order chi connectivity index (χ1) is 19.1. The standard InChI is InChI=1S/C33H40N2O4S/c1-19(2)16-29-21(4)35(33(39)40-29)18-22-12-14-24(15-13-22)30(23-8-5-6-9-23)31(36)34-28-11-7-10-25-20(3)26(32(37)38)17-27(25)28/h7,10-15,19-20,23,26,30H,5-6,8-9,16-18H2,1-4H3,(H,34,36)(H,37,38). The third kappa shape index (κ3) is 5.67. The van der Waals surface area contributed by atoms with Crippen LogP contribution in [0.25, 0.3) is 0 Å². The maximum absolute atomic E-state index is 13.9. The number of benzene rings is 2. The van der Waals surface area contributed by atoms with Crippen LogP contribution >= 0.6 is 11.3 Å². The molecule has 212 valence electrons. The summed E-state index contributed by atoms with van der Waals surface area (Å²) < 4.78 is 1.86. The second kappa shape index (κ2) is 11.7. The van der Waals surface area contributed by atoms with Gasteiger partial charge in [0, 0.05) is 16.3 Å². The van der Waals surface area contributed by atoms with Gasteiger partial charge in [0.25, 0.3) is 0 Å². The van der Waals surface area contributed by atoms with Crippen molar-refractivity contribution in [2.45, 2.75) is 84.6 Å². The summed E-state index contributed by atoms with van der Waals surface area (Å²) >= 11 is 1.35. The zero-order valence-corrected chi connectivity index (χ0v) is 24.7. The monoisotopic (exact) mass is 560 g/mol. The molecule has 40 heavy (non-hydrogen) atoms. The van der Waals surface area contributed by atoms with E-state index in [2.05, 4.69) is 43.4 Å². The highest BCUT2D eigenvalue weighted by molar-refractivity contribution is 7.09. The van der Waals surface area contributed by atoms with Crippen LogP contribution < -0.4 is 10.2 Å². The molecule has 3 unspecified atom stereocenters. The number of carbonyl (C=O) groups excluding carboxylic acids is 1. The minimum absolute atomic E-state index is 0.0253. The van der Waals surface area contributed by atoms with E-state index < -0.39 is 11.9 Å². The van der Waals surface area contributed by atoms with E-state index in [-0.39, 0.29) is 28.5 Å². The first-order valence-electron chi connectivity index (χ1n) is 14.6. The molecule has 0 aliphatic heterocycles. The number of carbonyl (C=O) groups is 2. The number of hydrogen-bond acceptors (Lipinski definition) is 4. The SMILES string of the molecule is Cc1c(CC(C)C)sc(=O)n1Cc1ccc(C(C(=O)Nc2cccc3c2CC(C(=O)O)C3C)C2CCCC2)cc1. The van der Waals surface area contributed by atoms with Crippen LogP contribution in [0.1, 0.15) is 91.1 Å². The lowest BCUT2D eigenvalue weighted by atomic mass is 9.83. The zero-order valence-electron chi connectivity index (χ0n) is 23.9. The van der Waals surface area contributed by atoms with E-state index in [4.69, 9.17) is 0 Å². The second-order valence-corrected chi connectivity index (χ2v) is 13.2. The van der Waals surface area contributed by atoms with Gasteiger partial charge in [-0.3, -0.25) is 19.0 Å². The van der Waals surface area contributed by atoms with Crippen LogP contribution in [0.3, 0.4) is 0 Å². The summed E-state index contributed by atoms with van der Waals surface area (Å²) in [6, 6.07) is 14.0. The molecule has 1 heterocycles. The Morgan fingerprint density at radius 1 is 1.10 bits per heavy atom. The molecule has 2 aromatic carbocycles. The number of nitrogens with zero attached hydrogens (tertiary/aromatic N) is 1. The number of rotatable bonds is 9. The summed E-state index contributed by atoms with van der Waals surface area (Å²) in [5.41, 5.74) is 5.79. The zero-order chi connectivity index (χ0) is 28.6. The van der Waals surface area contributed by atoms with E-state index in [1.54, 1.807) is 0 Å². The molecule has 1 amide bonds. The number of amides is 1. The number of thiazole rings is 1. The van der Waals surface area contributed by atoms with E-state index in [0.717, 1.165) is 70.6 Å². The fourth-order valence-corrected chi connectivity index (χ4v) is 7.90. The van der Waals surface area contributed by atoms with Gasteiger partial charge in [-0.1, -0.05) is 81.3 Å². The van der Waals surface area contributed by atoms with Crippen LogP contribution in [0.2, 0.25) is 0 Å². The summed E-state index contributed by atoms with van der Waals surface area (Å²) in [7, 11) is 0. The number of hydrogen-bond donors (Lipinski definition) is 2. The smallest absolute Gasteiger partial charge is 0.307 e. The van der Waals surface area contributed by atoms with Crippen molar-refractivity contribution in [1.29, 1.82) is 0 Å². The Balaban J connectivity index is 1.37. The Labute approximate surface area is 240 Å². The maximum atomic E-state index is 13.9. The van der Waals surface area contributed by atoms with Gasteiger partial charge in [-0.2, -0.15) is 0 Å². The molecule has 1 aromatic heterocycles. The van der Waals surface area contributed by atoms with Crippen molar-refractivity contribution in [3.63, 3.8) is 0 Å². The van der Waals surface area contributed by atoms with Gasteiger partial charge in [-0.05, 0) is 78.7 Å². The topological polar surface area (TPSA) is 88.4 Å². The summed E-state index contributed by atoms with van der Waals surface area (Å²) in [5, 5.41) is 12.9. The predicted molar refractivity (Wildman–Crippen MR) is 160 cm³/mol. The number of aliphatic carboxylic acids is 1. The van der Waals surface area contributed by atoms with Gasteiger partial charge >= 0.3 is 10.8 Å². The average molecular weight is 561 g/mol. The maximum Gasteiger partial charge on any atom is 0.307 e. The minimum Gasteiger partial charge on any atom is -0.481 e. The van der Waals surface area contributed by atoms with E-state index in [0.29, 0.717) is 18.9 Å². The Hall–Kier alpha value is -3.19. The van der Waals surface area contributed by atoms with Crippen molar-refractivity contribution in [2.75, 3.05) is 5.32 Å². The average Bonchev–Trinajstić information content (AvgIpc) is 3.61. The molecule has 0 spiro atoms. The molecule has 1 saturated carbocycles. The van der Waals surface area contributed by atoms with Crippen molar-refractivity contribution >= 4 is 28.9 Å². The third-order valence-corrected chi connectivity index (χ3v) is 10.1. The highest BCUT2D eigenvalue weighted by Crippen LogP contribution is 2.43. The lowest BCUT2D eigenvalue weighted by molar-refractivity contribution is -0.142. The fraction of sp³-hybridized carbons (Fsp3) is 0.485. The fourth-order valence-electron chi connectivity index (χ4n) is 6.71. The molecular weight excluding hydrogens is 520 g/mol. The normalized spacial score (nSPS) is 19.6. The summed E-state index contributed by atoms with van der Waals surface area (Å²) in [5.74, 6) is -0.862. The van der Waals surface area contributed by atoms with Crippen LogP contribution in [0.15, 0.2) is 47.3 Å². The van der Waals surface area contributed by atoms with Gasteiger partial charge < -0.3 is 10.4 Å². The molecule has 3 atom stereocenters. The molecule has 0 saturated heterocycles. The highest BCUT2D eigenvalue weighted by atomic mass is 32.1. The first-order valence-corrected chi connectivity index (χ1v) is 15.4. The number of nitrogens with one attached hydrogen (secondary N) is 1. The lowest BCUT2D eigenvalue weighted by Gasteiger charge is -2.24. The van der Waals surface area contributed by atoms with Gasteiger partial charge in [0.15, 0.2) is 0 Å². The predicted octanol–water partition coefficient (Wildman–Crippen LogP) is 6.74. The summed E-state index contributed by atoms with van der Waals surface area (Å²) in [6.07, 6.45) is 5.65. The summed E-state index contributed by atoms with van der Waals surface area (Å²) in [6.45, 7) is 8.85. The summed E-state index contributed by atoms with van der Waals surface area (Å²) in [4.78, 5) is 39.6. The van der Waals surface area contributed by atoms with Crippen molar-refractivity contribution in [2.24, 2.45) is 17.8 Å². The highest BCUT2D eigenvalue weighted by Gasteiger charge is 2.37. The van der Waals surface area contributed by atoms with E-state index in [9.17, 15) is 19.5 Å². The van der Waals surface area contributed by atoms with Crippen LogP contribution in [0, 0.1) is 24.7 Å². The number of carboxylic acids is 1. The van der Waals surface area contributed by atoms with Gasteiger partial charge in [0.05, 0.1) is 18.4 Å². The van der Waals surface area contributed by atoms with Gasteiger partial charge in [-0.15, -0.1) is 0 Å². The van der Waals surface area contributed by atoms with E-state index in [1.165, 1.54) is 11.3 Å². The Morgan fingerprint density at radius 3 is 2.45 bits per heavy atom. The van der Waals surface area contributed by atoms with Crippen molar-refractivity contribution in [3.8, 4) is 0 Å². The molecule has 0 radical (unpaired) electrons. The lowest BCUT2D eigenvalue weighted by Crippen LogP contribution is -2.27. The molecule has 3 aromatic rings. The second-order valence-electron chi connectivity index (χ2n) is 12.1. The van der Waals surface area contributed by atoms with Crippen LogP contribution in [-0.2, 0) is 29.0 Å². The van der Waals surface area contributed by atoms with Gasteiger partial charge in [0.1, 0.15) is 0 Å². The van der Waals surface area contributed by atoms with Gasteiger partial charge in [0.2, 0.25) is 5.91 Å². The van der Waals surface area contributed by atoms with Crippen molar-refractivity contribution in [3.05, 3.63) is 85.0 Å². The van der Waals surface area contributed by atoms with Crippen molar-refractivity contribution in [1.82, 2.24) is 4.57 Å². The Kier molecular flexibility index (Phi) is 8.31. The quantitative estimate of drug-likeness (QED) is 0.303. The van der Waals surface area contributed by atoms with Crippen LogP contribution in [-0.4, -0.2) is 21.6 Å². The number of aromatic nitrogens is 1. The molecule has 5 rings (SSSR count). The molecule has 6 nitrogen and oxygen atoms in total. The number of carboxylic acid groups (broad SMARTS) is 1. The molecule has 2 N–H and O–H groups in total. The Morgan fingerprint density at radius 2 is 1.80 bits per heavy atom. The van der Waals surface area contributed by atoms with Crippen LogP contribution in [0.4, 0.5) is 5.69 Å². The molecule has 2 aliphatic rings. The molecule has 7 heteroatoms. The minimum atomic E-state index is -0.791. The van der Waals surface area contributed by atoms with Crippen LogP contribution in [0.5, 0.6) is 0 Å². The third-order valence-electron chi connectivity index (χ3n) is 8.97. The first kappa shape index (κ1) is 28.3.